The van der Waals surface area contributed by atoms with Gasteiger partial charge in [-0.3, -0.25) is 9.69 Å². The summed E-state index contributed by atoms with van der Waals surface area (Å²) in [4.78, 5) is 24.7. The zero-order chi connectivity index (χ0) is 10.8. The van der Waals surface area contributed by atoms with Gasteiger partial charge in [0.25, 0.3) is 5.91 Å². The Morgan fingerprint density at radius 1 is 1.27 bits per heavy atom. The van der Waals surface area contributed by atoms with Crippen LogP contribution in [-0.4, -0.2) is 29.4 Å². The highest BCUT2D eigenvalue weighted by atomic mass is 16.2. The average Bonchev–Trinajstić information content (AvgIpc) is 2.55. The number of rotatable bonds is 2. The fraction of sp³-hybridized carbons (Fsp3) is 0.818. The molecule has 1 N–H and O–H groups in total. The molecule has 84 valence electrons. The number of nitrogens with one attached hydrogen (secondary N) is 1. The average molecular weight is 210 g/mol. The molecule has 0 radical (unpaired) electrons. The lowest BCUT2D eigenvalue weighted by molar-refractivity contribution is -0.128. The van der Waals surface area contributed by atoms with Gasteiger partial charge in [0, 0.05) is 6.54 Å². The Labute approximate surface area is 90.0 Å². The number of hydrogen-bond donors (Lipinski definition) is 1. The first-order chi connectivity index (χ1) is 7.24. The van der Waals surface area contributed by atoms with Gasteiger partial charge in [0.05, 0.1) is 0 Å². The van der Waals surface area contributed by atoms with Gasteiger partial charge in [-0.1, -0.05) is 19.3 Å². The van der Waals surface area contributed by atoms with Gasteiger partial charge in [-0.05, 0) is 25.7 Å². The molecule has 0 aromatic carbocycles. The minimum atomic E-state index is -0.238. The number of nitrogens with zero attached hydrogens (tertiary/aromatic N) is 1. The third-order valence-corrected chi connectivity index (χ3v) is 3.49. The summed E-state index contributed by atoms with van der Waals surface area (Å²) in [6.45, 7) is 2.31. The molecular formula is C11H18N2O2. The molecule has 1 atom stereocenters. The predicted octanol–water partition coefficient (Wildman–Crippen LogP) is 1.51. The molecule has 4 nitrogen and oxygen atoms in total. The van der Waals surface area contributed by atoms with Crippen LogP contribution in [0, 0.1) is 5.92 Å². The van der Waals surface area contributed by atoms with Crippen molar-refractivity contribution in [3.8, 4) is 0 Å². The van der Waals surface area contributed by atoms with Gasteiger partial charge in [-0.25, -0.2) is 4.79 Å². The lowest BCUT2D eigenvalue weighted by Crippen LogP contribution is -2.38. The van der Waals surface area contributed by atoms with E-state index < -0.39 is 0 Å². The Kier molecular flexibility index (Phi) is 2.93. The number of imide groups is 1. The van der Waals surface area contributed by atoms with Gasteiger partial charge in [-0.15, -0.1) is 0 Å². The summed E-state index contributed by atoms with van der Waals surface area (Å²) in [6.07, 6.45) is 5.80. The van der Waals surface area contributed by atoms with Crippen LogP contribution >= 0.6 is 0 Å². The van der Waals surface area contributed by atoms with E-state index in [9.17, 15) is 9.59 Å². The van der Waals surface area contributed by atoms with Crippen molar-refractivity contribution < 1.29 is 9.59 Å². The summed E-state index contributed by atoms with van der Waals surface area (Å²) in [5.74, 6) is 0.348. The zero-order valence-corrected chi connectivity index (χ0v) is 9.16. The minimum absolute atomic E-state index is 0.0191. The van der Waals surface area contributed by atoms with Crippen LogP contribution in [0.5, 0.6) is 0 Å². The van der Waals surface area contributed by atoms with Gasteiger partial charge in [-0.2, -0.15) is 0 Å². The van der Waals surface area contributed by atoms with Crippen molar-refractivity contribution in [2.45, 2.75) is 45.1 Å². The summed E-state index contributed by atoms with van der Waals surface area (Å²) in [7, 11) is 0. The van der Waals surface area contributed by atoms with E-state index >= 15 is 0 Å². The topological polar surface area (TPSA) is 49.4 Å². The molecule has 4 heteroatoms. The maximum Gasteiger partial charge on any atom is 0.324 e. The largest absolute Gasteiger partial charge is 0.326 e. The van der Waals surface area contributed by atoms with Crippen LogP contribution in [0.15, 0.2) is 0 Å². The van der Waals surface area contributed by atoms with E-state index in [1.54, 1.807) is 0 Å². The highest BCUT2D eigenvalue weighted by molar-refractivity contribution is 6.04. The summed E-state index contributed by atoms with van der Waals surface area (Å²) in [5, 5.41) is 2.81. The van der Waals surface area contributed by atoms with Gasteiger partial charge in [0.2, 0.25) is 0 Å². The Hall–Kier alpha value is -1.06. The van der Waals surface area contributed by atoms with Crippen molar-refractivity contribution in [1.82, 2.24) is 10.2 Å². The molecule has 1 saturated heterocycles. The monoisotopic (exact) mass is 210 g/mol. The number of carbonyl (C=O) groups is 2. The SMILES string of the molecule is CCN1C(=O)NC(C2CCCCC2)C1=O. The number of urea groups is 1. The van der Waals surface area contributed by atoms with Gasteiger partial charge >= 0.3 is 6.03 Å². The summed E-state index contributed by atoms with van der Waals surface area (Å²) >= 11 is 0. The molecule has 1 aliphatic carbocycles. The quantitative estimate of drug-likeness (QED) is 0.702. The second-order valence-electron chi connectivity index (χ2n) is 4.41. The van der Waals surface area contributed by atoms with Crippen molar-refractivity contribution in [2.75, 3.05) is 6.54 Å². The molecule has 0 aromatic rings. The Morgan fingerprint density at radius 3 is 2.47 bits per heavy atom. The number of likely N-dealkylation sites (N-methyl/N-ethyl adjacent to an activating group) is 1. The van der Waals surface area contributed by atoms with Crippen LogP contribution in [0.2, 0.25) is 0 Å². The maximum atomic E-state index is 11.9. The van der Waals surface area contributed by atoms with Crippen molar-refractivity contribution in [2.24, 2.45) is 5.92 Å². The molecule has 1 unspecified atom stereocenters. The third kappa shape index (κ3) is 1.85. The Bertz CT molecular complexity index is 272. The number of hydrogen-bond acceptors (Lipinski definition) is 2. The first-order valence-electron chi connectivity index (χ1n) is 5.86. The van der Waals surface area contributed by atoms with E-state index in [0.29, 0.717) is 12.5 Å². The highest BCUT2D eigenvalue weighted by Gasteiger charge is 2.41. The predicted molar refractivity (Wildman–Crippen MR) is 56.3 cm³/mol. The van der Waals surface area contributed by atoms with E-state index in [1.807, 2.05) is 6.92 Å². The lowest BCUT2D eigenvalue weighted by atomic mass is 9.84. The molecule has 0 spiro atoms. The smallest absolute Gasteiger partial charge is 0.324 e. The second kappa shape index (κ2) is 4.21. The summed E-state index contributed by atoms with van der Waals surface area (Å²) in [5.41, 5.74) is 0. The van der Waals surface area contributed by atoms with Gasteiger partial charge in [0.15, 0.2) is 0 Å². The van der Waals surface area contributed by atoms with Crippen LogP contribution in [-0.2, 0) is 4.79 Å². The molecule has 2 rings (SSSR count). The van der Waals surface area contributed by atoms with Crippen molar-refractivity contribution in [3.63, 3.8) is 0 Å². The summed E-state index contributed by atoms with van der Waals surface area (Å²) < 4.78 is 0. The van der Waals surface area contributed by atoms with Crippen LogP contribution < -0.4 is 5.32 Å². The minimum Gasteiger partial charge on any atom is -0.326 e. The van der Waals surface area contributed by atoms with E-state index in [-0.39, 0.29) is 18.0 Å². The fourth-order valence-electron chi connectivity index (χ4n) is 2.63. The molecule has 1 heterocycles. The first-order valence-corrected chi connectivity index (χ1v) is 5.86. The van der Waals surface area contributed by atoms with Crippen LogP contribution in [0.3, 0.4) is 0 Å². The fourth-order valence-corrected chi connectivity index (χ4v) is 2.63. The van der Waals surface area contributed by atoms with Gasteiger partial charge in [0.1, 0.15) is 6.04 Å². The van der Waals surface area contributed by atoms with E-state index in [2.05, 4.69) is 5.32 Å². The van der Waals surface area contributed by atoms with Crippen LogP contribution in [0.25, 0.3) is 0 Å². The molecule has 3 amide bonds. The summed E-state index contributed by atoms with van der Waals surface area (Å²) in [6, 6.07) is -0.448. The van der Waals surface area contributed by atoms with Crippen LogP contribution in [0.4, 0.5) is 4.79 Å². The Morgan fingerprint density at radius 2 is 1.93 bits per heavy atom. The number of amides is 3. The van der Waals surface area contributed by atoms with Crippen molar-refractivity contribution in [1.29, 1.82) is 0 Å². The first kappa shape index (κ1) is 10.5. The van der Waals surface area contributed by atoms with E-state index in [4.69, 9.17) is 0 Å². The molecule has 1 aliphatic heterocycles. The number of carbonyl (C=O) groups excluding carboxylic acids is 2. The molecular weight excluding hydrogens is 192 g/mol. The van der Waals surface area contributed by atoms with Crippen molar-refractivity contribution >= 4 is 11.9 Å². The zero-order valence-electron chi connectivity index (χ0n) is 9.16. The molecule has 0 aromatic heterocycles. The third-order valence-electron chi connectivity index (χ3n) is 3.49. The van der Waals surface area contributed by atoms with Crippen molar-refractivity contribution in [3.05, 3.63) is 0 Å². The molecule has 0 bridgehead atoms. The normalized spacial score (nSPS) is 28.3. The standard InChI is InChI=1S/C11H18N2O2/c1-2-13-10(14)9(12-11(13)15)8-6-4-3-5-7-8/h8-9H,2-7H2,1H3,(H,12,15). The second-order valence-corrected chi connectivity index (χ2v) is 4.41. The van der Waals surface area contributed by atoms with E-state index in [1.165, 1.54) is 24.2 Å². The molecule has 15 heavy (non-hydrogen) atoms. The molecule has 2 fully saturated rings. The van der Waals surface area contributed by atoms with E-state index in [0.717, 1.165) is 12.8 Å². The van der Waals surface area contributed by atoms with Gasteiger partial charge < -0.3 is 5.32 Å². The maximum absolute atomic E-state index is 11.9. The molecule has 1 saturated carbocycles. The molecule has 2 aliphatic rings. The van der Waals surface area contributed by atoms with Crippen LogP contribution in [0.1, 0.15) is 39.0 Å². The highest BCUT2D eigenvalue weighted by Crippen LogP contribution is 2.29. The Balaban J connectivity index is 2.04. The lowest BCUT2D eigenvalue weighted by Gasteiger charge is -2.25.